The highest BCUT2D eigenvalue weighted by Crippen LogP contribution is 2.41. The molecule has 0 N–H and O–H groups in total. The van der Waals surface area contributed by atoms with Crippen LogP contribution >= 0.6 is 0 Å². The van der Waals surface area contributed by atoms with Crippen molar-refractivity contribution in [2.45, 2.75) is 32.6 Å². The number of carbonyl (C=O) groups is 1. The fourth-order valence-corrected chi connectivity index (χ4v) is 4.15. The normalized spacial score (nSPS) is 27.7. The van der Waals surface area contributed by atoms with Crippen molar-refractivity contribution < 1.29 is 9.53 Å². The molecule has 4 nitrogen and oxygen atoms in total. The third kappa shape index (κ3) is 3.32. The molecule has 1 saturated carbocycles. The Morgan fingerprint density at radius 1 is 1.36 bits per heavy atom. The number of amides is 1. The number of carbonyl (C=O) groups excluding carboxylic acids is 1. The van der Waals surface area contributed by atoms with E-state index in [9.17, 15) is 4.79 Å². The number of pyridine rings is 1. The first kappa shape index (κ1) is 15.5. The fourth-order valence-electron chi connectivity index (χ4n) is 4.15. The van der Waals surface area contributed by atoms with E-state index < -0.39 is 0 Å². The molecule has 0 aromatic carbocycles. The molecule has 2 heterocycles. The Bertz CT molecular complexity index is 514. The summed E-state index contributed by atoms with van der Waals surface area (Å²) in [6.07, 6.45) is 6.82. The van der Waals surface area contributed by atoms with E-state index in [0.29, 0.717) is 17.8 Å². The molecule has 1 aromatic heterocycles. The zero-order chi connectivity index (χ0) is 15.5. The number of fused-ring (bicyclic) bond motifs is 1. The molecular formula is C18H26N2O2. The Balaban J connectivity index is 1.65. The maximum atomic E-state index is 12.1. The summed E-state index contributed by atoms with van der Waals surface area (Å²) in [5.74, 6) is 2.11. The number of hydrogen-bond acceptors (Lipinski definition) is 3. The van der Waals surface area contributed by atoms with Gasteiger partial charge in [-0.3, -0.25) is 9.78 Å². The van der Waals surface area contributed by atoms with Gasteiger partial charge in [-0.15, -0.1) is 0 Å². The predicted octanol–water partition coefficient (Wildman–Crippen LogP) is 2.45. The molecule has 3 atom stereocenters. The molecule has 4 heteroatoms. The number of aromatic nitrogens is 1. The Hall–Kier alpha value is -1.42. The summed E-state index contributed by atoms with van der Waals surface area (Å²) in [5, 5.41) is 0. The van der Waals surface area contributed by atoms with Crippen LogP contribution in [-0.4, -0.2) is 42.6 Å². The molecule has 1 aliphatic carbocycles. The van der Waals surface area contributed by atoms with Gasteiger partial charge in [0.1, 0.15) is 6.61 Å². The Labute approximate surface area is 132 Å². The molecule has 120 valence electrons. The smallest absolute Gasteiger partial charge is 0.248 e. The highest BCUT2D eigenvalue weighted by Gasteiger charge is 2.41. The largest absolute Gasteiger partial charge is 0.375 e. The zero-order valence-corrected chi connectivity index (χ0v) is 13.6. The van der Waals surface area contributed by atoms with Crippen molar-refractivity contribution in [2.75, 3.05) is 26.8 Å². The molecule has 1 saturated heterocycles. The highest BCUT2D eigenvalue weighted by atomic mass is 16.5. The predicted molar refractivity (Wildman–Crippen MR) is 85.5 cm³/mol. The van der Waals surface area contributed by atoms with E-state index in [2.05, 4.69) is 24.0 Å². The monoisotopic (exact) mass is 302 g/mol. The van der Waals surface area contributed by atoms with Crippen LogP contribution in [0, 0.1) is 24.7 Å². The molecule has 1 amide bonds. The van der Waals surface area contributed by atoms with E-state index in [4.69, 9.17) is 4.74 Å². The Morgan fingerprint density at radius 2 is 2.23 bits per heavy atom. The van der Waals surface area contributed by atoms with E-state index >= 15 is 0 Å². The van der Waals surface area contributed by atoms with Crippen LogP contribution in [0.2, 0.25) is 0 Å². The molecule has 1 aliphatic heterocycles. The zero-order valence-electron chi connectivity index (χ0n) is 13.6. The van der Waals surface area contributed by atoms with Crippen LogP contribution < -0.4 is 0 Å². The van der Waals surface area contributed by atoms with Gasteiger partial charge in [0, 0.05) is 32.1 Å². The second-order valence-electron chi connectivity index (χ2n) is 6.88. The molecular weight excluding hydrogens is 276 g/mol. The average molecular weight is 302 g/mol. The molecule has 0 spiro atoms. The lowest BCUT2D eigenvalue weighted by Crippen LogP contribution is -2.32. The maximum Gasteiger partial charge on any atom is 0.248 e. The number of aryl methyl sites for hydroxylation is 1. The fraction of sp³-hybridized carbons (Fsp3) is 0.667. The van der Waals surface area contributed by atoms with Crippen molar-refractivity contribution in [3.8, 4) is 0 Å². The average Bonchev–Trinajstić information content (AvgIpc) is 2.95. The minimum absolute atomic E-state index is 0.143. The van der Waals surface area contributed by atoms with E-state index in [-0.39, 0.29) is 12.5 Å². The molecule has 0 unspecified atom stereocenters. The number of methoxy groups -OCH3 is 1. The van der Waals surface area contributed by atoms with Crippen LogP contribution in [0.5, 0.6) is 0 Å². The van der Waals surface area contributed by atoms with Crippen molar-refractivity contribution in [3.05, 3.63) is 29.6 Å². The van der Waals surface area contributed by atoms with Crippen molar-refractivity contribution in [2.24, 2.45) is 17.8 Å². The summed E-state index contributed by atoms with van der Waals surface area (Å²) < 4.78 is 5.00. The van der Waals surface area contributed by atoms with Crippen molar-refractivity contribution in [1.82, 2.24) is 9.88 Å². The number of rotatable bonds is 4. The lowest BCUT2D eigenvalue weighted by Gasteiger charge is -2.32. The molecule has 0 radical (unpaired) electrons. The topological polar surface area (TPSA) is 42.4 Å². The van der Waals surface area contributed by atoms with Crippen molar-refractivity contribution in [1.29, 1.82) is 0 Å². The molecule has 3 rings (SSSR count). The summed E-state index contributed by atoms with van der Waals surface area (Å²) in [6.45, 7) is 4.11. The highest BCUT2D eigenvalue weighted by molar-refractivity contribution is 5.77. The van der Waals surface area contributed by atoms with Crippen LogP contribution in [0.4, 0.5) is 0 Å². The summed E-state index contributed by atoms with van der Waals surface area (Å²) in [6, 6.07) is 4.30. The van der Waals surface area contributed by atoms with E-state index in [1.165, 1.54) is 30.5 Å². The van der Waals surface area contributed by atoms with Gasteiger partial charge in [0.25, 0.3) is 0 Å². The SMILES string of the molecule is COCC(=O)N1C[C@H]2CCC[C@H](Cc3ccc(C)cn3)[C@H]2C1. The van der Waals surface area contributed by atoms with Gasteiger partial charge in [-0.2, -0.15) is 0 Å². The van der Waals surface area contributed by atoms with Crippen LogP contribution in [0.3, 0.4) is 0 Å². The van der Waals surface area contributed by atoms with Gasteiger partial charge in [0.05, 0.1) is 0 Å². The summed E-state index contributed by atoms with van der Waals surface area (Å²) in [4.78, 5) is 18.7. The second kappa shape index (κ2) is 6.78. The number of hydrogen-bond donors (Lipinski definition) is 0. The van der Waals surface area contributed by atoms with Gasteiger partial charge in [-0.25, -0.2) is 0 Å². The minimum atomic E-state index is 0.143. The molecule has 2 aliphatic rings. The van der Waals surface area contributed by atoms with Crippen LogP contribution in [0.15, 0.2) is 18.3 Å². The van der Waals surface area contributed by atoms with E-state index in [0.717, 1.165) is 19.5 Å². The first-order valence-electron chi connectivity index (χ1n) is 8.35. The van der Waals surface area contributed by atoms with Gasteiger partial charge in [-0.05, 0) is 55.6 Å². The summed E-state index contributed by atoms with van der Waals surface area (Å²) >= 11 is 0. The van der Waals surface area contributed by atoms with Gasteiger partial charge in [0.15, 0.2) is 0 Å². The second-order valence-corrected chi connectivity index (χ2v) is 6.88. The van der Waals surface area contributed by atoms with Crippen LogP contribution in [0.1, 0.15) is 30.5 Å². The summed E-state index contributed by atoms with van der Waals surface area (Å²) in [5.41, 5.74) is 2.40. The summed E-state index contributed by atoms with van der Waals surface area (Å²) in [7, 11) is 1.59. The lowest BCUT2D eigenvalue weighted by atomic mass is 9.72. The first-order chi connectivity index (χ1) is 10.7. The van der Waals surface area contributed by atoms with E-state index in [1.807, 2.05) is 11.1 Å². The number of ether oxygens (including phenoxy) is 1. The quantitative estimate of drug-likeness (QED) is 0.858. The molecule has 1 aromatic rings. The van der Waals surface area contributed by atoms with Gasteiger partial charge >= 0.3 is 0 Å². The lowest BCUT2D eigenvalue weighted by molar-refractivity contribution is -0.134. The molecule has 22 heavy (non-hydrogen) atoms. The van der Waals surface area contributed by atoms with Crippen molar-refractivity contribution >= 4 is 5.91 Å². The number of nitrogens with zero attached hydrogens (tertiary/aromatic N) is 2. The van der Waals surface area contributed by atoms with Crippen molar-refractivity contribution in [3.63, 3.8) is 0 Å². The molecule has 0 bridgehead atoms. The van der Waals surface area contributed by atoms with Gasteiger partial charge < -0.3 is 9.64 Å². The standard InChI is InChI=1S/C18H26N2O2/c1-13-6-7-16(19-9-13)8-14-4-3-5-15-10-20(11-17(14)15)18(21)12-22-2/h6-7,9,14-15,17H,3-5,8,10-12H2,1-2H3/t14-,15-,17-/m1/s1. The minimum Gasteiger partial charge on any atom is -0.375 e. The maximum absolute atomic E-state index is 12.1. The van der Waals surface area contributed by atoms with Crippen LogP contribution in [-0.2, 0) is 16.0 Å². The van der Waals surface area contributed by atoms with Crippen LogP contribution in [0.25, 0.3) is 0 Å². The van der Waals surface area contributed by atoms with E-state index in [1.54, 1.807) is 7.11 Å². The Kier molecular flexibility index (Phi) is 4.77. The molecule has 2 fully saturated rings. The Morgan fingerprint density at radius 3 is 2.95 bits per heavy atom. The number of likely N-dealkylation sites (tertiary alicyclic amines) is 1. The van der Waals surface area contributed by atoms with Gasteiger partial charge in [0.2, 0.25) is 5.91 Å². The third-order valence-corrected chi connectivity index (χ3v) is 5.31. The third-order valence-electron chi connectivity index (χ3n) is 5.31. The first-order valence-corrected chi connectivity index (χ1v) is 8.35. The van der Waals surface area contributed by atoms with Gasteiger partial charge in [-0.1, -0.05) is 12.5 Å².